The van der Waals surface area contributed by atoms with E-state index < -0.39 is 137 Å². The van der Waals surface area contributed by atoms with Crippen molar-refractivity contribution in [3.05, 3.63) is 200 Å². The second kappa shape index (κ2) is 13.2. The van der Waals surface area contributed by atoms with Crippen LogP contribution in [0.3, 0.4) is 0 Å². The van der Waals surface area contributed by atoms with Gasteiger partial charge in [-0.3, -0.25) is 0 Å². The van der Waals surface area contributed by atoms with Gasteiger partial charge in [0.05, 0.1) is 47.1 Å². The smallest absolute Gasteiger partial charge is 0.0973 e. The third-order valence-electron chi connectivity index (χ3n) is 8.17. The molecule has 9 aromatic rings. The molecule has 8 aromatic carbocycles. The summed E-state index contributed by atoms with van der Waals surface area (Å²) in [6.45, 7) is 0. The molecule has 3 nitrogen and oxygen atoms in total. The number of benzene rings is 8. The third kappa shape index (κ3) is 5.92. The fourth-order valence-corrected chi connectivity index (χ4v) is 5.76. The summed E-state index contributed by atoms with van der Waals surface area (Å²) in [7, 11) is 0. The van der Waals surface area contributed by atoms with Crippen molar-refractivity contribution in [1.82, 2.24) is 9.97 Å². The van der Waals surface area contributed by atoms with Crippen LogP contribution in [-0.2, 0) is 0 Å². The maximum absolute atomic E-state index is 9.48. The molecule has 0 spiro atoms. The average molecular weight is 670 g/mol. The Morgan fingerprint density at radius 1 is 0.392 bits per heavy atom. The number of hydrogen-bond acceptors (Lipinski definition) is 3. The number of hydrogen-bond donors (Lipinski definition) is 0. The van der Waals surface area contributed by atoms with Crippen LogP contribution in [0.15, 0.2) is 200 Å². The van der Waals surface area contributed by atoms with Crippen LogP contribution < -0.4 is 4.90 Å². The summed E-state index contributed by atoms with van der Waals surface area (Å²) in [5, 5.41) is 1.26. The van der Waals surface area contributed by atoms with Gasteiger partial charge in [-0.1, -0.05) is 151 Å². The second-order valence-corrected chi connectivity index (χ2v) is 11.3. The molecule has 0 aliphatic heterocycles. The van der Waals surface area contributed by atoms with Gasteiger partial charge in [0.1, 0.15) is 0 Å². The van der Waals surface area contributed by atoms with Crippen molar-refractivity contribution in [1.29, 1.82) is 0 Å². The lowest BCUT2D eigenvalue weighted by atomic mass is 9.99. The molecule has 9 rings (SSSR count). The van der Waals surface area contributed by atoms with Crippen LogP contribution in [0.2, 0.25) is 0 Å². The molecule has 0 saturated heterocycles. The first-order chi connectivity index (χ1) is 32.8. The Morgan fingerprint density at radius 2 is 0.882 bits per heavy atom. The molecule has 0 bridgehead atoms. The molecular weight excluding hydrogens is 619 g/mol. The monoisotopic (exact) mass is 669 g/mol. The molecule has 1 aromatic heterocycles. The van der Waals surface area contributed by atoms with E-state index in [9.17, 15) is 8.22 Å². The summed E-state index contributed by atoms with van der Waals surface area (Å²) in [5.74, 6) is 0. The summed E-state index contributed by atoms with van der Waals surface area (Å²) in [6.07, 6.45) is 0. The normalized spacial score (nSPS) is 16.1. The summed E-state index contributed by atoms with van der Waals surface area (Å²) in [5.41, 5.74) is -0.0857. The average Bonchev–Trinajstić information content (AvgIpc) is 3.36. The van der Waals surface area contributed by atoms with E-state index in [2.05, 4.69) is 0 Å². The summed E-state index contributed by atoms with van der Waals surface area (Å²) in [4.78, 5) is 10.8. The van der Waals surface area contributed by atoms with Crippen molar-refractivity contribution in [2.75, 3.05) is 4.90 Å². The van der Waals surface area contributed by atoms with Crippen LogP contribution in [-0.4, -0.2) is 9.97 Å². The predicted octanol–water partition coefficient (Wildman–Crippen LogP) is 12.9. The topological polar surface area (TPSA) is 29.0 Å². The lowest BCUT2D eigenvalue weighted by Gasteiger charge is -2.26. The minimum Gasteiger partial charge on any atom is -0.311 e. The Kier molecular flexibility index (Phi) is 4.33. The van der Waals surface area contributed by atoms with Gasteiger partial charge in [0.15, 0.2) is 0 Å². The highest BCUT2D eigenvalue weighted by molar-refractivity contribution is 6.07. The van der Waals surface area contributed by atoms with Crippen LogP contribution >= 0.6 is 0 Å². The maximum Gasteiger partial charge on any atom is 0.0973 e. The first kappa shape index (κ1) is 16.7. The highest BCUT2D eigenvalue weighted by Crippen LogP contribution is 2.38. The number of fused-ring (bicyclic) bond motifs is 3. The zero-order valence-corrected chi connectivity index (χ0v) is 26.5. The lowest BCUT2D eigenvalue weighted by Crippen LogP contribution is -2.09. The lowest BCUT2D eigenvalue weighted by molar-refractivity contribution is 1.28. The molecule has 0 unspecified atom stereocenters. The molecule has 0 amide bonds. The molecule has 0 fully saturated rings. The number of anilines is 3. The maximum atomic E-state index is 9.48. The van der Waals surface area contributed by atoms with Gasteiger partial charge >= 0.3 is 0 Å². The predicted molar refractivity (Wildman–Crippen MR) is 213 cm³/mol. The number of rotatable bonds is 7. The molecule has 0 aliphatic carbocycles. The fourth-order valence-electron chi connectivity index (χ4n) is 5.76. The molecule has 3 heteroatoms. The Labute approximate surface area is 323 Å². The van der Waals surface area contributed by atoms with E-state index in [4.69, 9.17) is 26.4 Å². The Bertz CT molecular complexity index is 3550. The quantitative estimate of drug-likeness (QED) is 0.158. The number of aromatic nitrogens is 2. The molecular formula is C48H33N3. The molecule has 0 N–H and O–H groups in total. The van der Waals surface area contributed by atoms with Crippen molar-refractivity contribution >= 4 is 38.9 Å². The molecule has 0 atom stereocenters. The molecule has 0 saturated carbocycles. The van der Waals surface area contributed by atoms with E-state index >= 15 is 0 Å². The van der Waals surface area contributed by atoms with Crippen LogP contribution in [0.4, 0.5) is 17.1 Å². The highest BCUT2D eigenvalue weighted by atomic mass is 15.1. The minimum atomic E-state index is -1.03. The van der Waals surface area contributed by atoms with Crippen molar-refractivity contribution in [2.45, 2.75) is 0 Å². The zero-order valence-electron chi connectivity index (χ0n) is 44.5. The van der Waals surface area contributed by atoms with Crippen LogP contribution in [0.1, 0.15) is 24.7 Å². The SMILES string of the molecule is [2H]c1c([2H])c([2H])c(-c2c([2H])c([2H])c(N(c3c([2H])c([2H])c([2H])c([2H])c3[2H])c3c([2H])c([2H])c(-c4ccc5ccc6nc(-c7ccccc7)c(-c7ccccc7)nc6c5c4)c([2H])c3[2H])c([2H])c2[2H])c([2H])c1[2H]. The van der Waals surface area contributed by atoms with Crippen molar-refractivity contribution in [2.24, 2.45) is 0 Å². The number of nitrogens with zero attached hydrogens (tertiary/aromatic N) is 3. The van der Waals surface area contributed by atoms with Gasteiger partial charge in [0.2, 0.25) is 0 Å². The summed E-state index contributed by atoms with van der Waals surface area (Å²) in [6, 6.07) is 11.9. The second-order valence-electron chi connectivity index (χ2n) is 11.3. The zero-order chi connectivity index (χ0) is 49.7. The number of para-hydroxylation sites is 1. The first-order valence-electron chi connectivity index (χ1n) is 24.8. The van der Waals surface area contributed by atoms with Crippen LogP contribution in [0.5, 0.6) is 0 Å². The van der Waals surface area contributed by atoms with Gasteiger partial charge in [-0.05, 0) is 76.0 Å². The summed E-state index contributed by atoms with van der Waals surface area (Å²) < 4.78 is 159. The van der Waals surface area contributed by atoms with Gasteiger partial charge < -0.3 is 4.90 Å². The van der Waals surface area contributed by atoms with Gasteiger partial charge in [-0.2, -0.15) is 0 Å². The fraction of sp³-hybridized carbons (Fsp3) is 0. The molecule has 0 aliphatic rings. The Morgan fingerprint density at radius 3 is 1.49 bits per heavy atom. The van der Waals surface area contributed by atoms with Crippen LogP contribution in [0.25, 0.3) is 66.6 Å². The largest absolute Gasteiger partial charge is 0.311 e. The van der Waals surface area contributed by atoms with Crippen molar-refractivity contribution < 1.29 is 24.7 Å². The minimum absolute atomic E-state index is 0.204. The Balaban J connectivity index is 1.31. The third-order valence-corrected chi connectivity index (χ3v) is 8.17. The molecule has 1 heterocycles. The van der Waals surface area contributed by atoms with Crippen molar-refractivity contribution in [3.8, 4) is 44.8 Å². The Hall–Kier alpha value is -6.84. The standard InChI is InChI=1S/C48H33N3/c1-5-13-34(14-6-1)35-23-28-42(29-24-35)51(41-19-11-4-12-20-41)43-30-25-36(26-31-43)40-22-21-37-27-32-45-48(44(37)33-40)50-47(39-17-9-3-10-18-39)46(49-45)38-15-7-2-8-16-38/h1-33H/i1D,4D,5D,6D,11D,12D,13D,14D,19D,20D,23D,24D,25D,26D,28D,29D,30D,31D. The van der Waals surface area contributed by atoms with Gasteiger partial charge in [0, 0.05) is 33.6 Å². The van der Waals surface area contributed by atoms with Crippen LogP contribution in [0, 0.1) is 0 Å². The molecule has 240 valence electrons. The molecule has 51 heavy (non-hydrogen) atoms. The van der Waals surface area contributed by atoms with E-state index in [1.54, 1.807) is 18.2 Å². The van der Waals surface area contributed by atoms with Gasteiger partial charge in [-0.25, -0.2) is 9.97 Å². The molecule has 0 radical (unpaired) electrons. The van der Waals surface area contributed by atoms with E-state index in [0.717, 1.165) is 11.1 Å². The first-order valence-corrected chi connectivity index (χ1v) is 15.8. The van der Waals surface area contributed by atoms with Gasteiger partial charge in [-0.15, -0.1) is 0 Å². The van der Waals surface area contributed by atoms with E-state index in [1.165, 1.54) is 0 Å². The van der Waals surface area contributed by atoms with Crippen molar-refractivity contribution in [3.63, 3.8) is 0 Å². The van der Waals surface area contributed by atoms with Gasteiger partial charge in [0.25, 0.3) is 0 Å². The summed E-state index contributed by atoms with van der Waals surface area (Å²) >= 11 is 0. The highest BCUT2D eigenvalue weighted by Gasteiger charge is 2.16. The van der Waals surface area contributed by atoms with E-state index in [-0.39, 0.29) is 11.1 Å². The van der Waals surface area contributed by atoms with E-state index in [1.807, 2.05) is 72.8 Å². The van der Waals surface area contributed by atoms with E-state index in [0.29, 0.717) is 38.1 Å².